The highest BCUT2D eigenvalue weighted by atomic mass is 32.1. The van der Waals surface area contributed by atoms with Crippen molar-refractivity contribution in [2.24, 2.45) is 5.92 Å². The van der Waals surface area contributed by atoms with Crippen molar-refractivity contribution in [1.82, 2.24) is 0 Å². The molecular weight excluding hydrogens is 208 g/mol. The van der Waals surface area contributed by atoms with E-state index in [2.05, 4.69) is 19.6 Å². The van der Waals surface area contributed by atoms with Crippen LogP contribution in [0.3, 0.4) is 0 Å². The van der Waals surface area contributed by atoms with E-state index in [0.29, 0.717) is 12.5 Å². The van der Waals surface area contributed by atoms with E-state index in [4.69, 9.17) is 9.47 Å². The van der Waals surface area contributed by atoms with E-state index in [1.165, 1.54) is 5.56 Å². The Bertz CT molecular complexity index is 312. The van der Waals surface area contributed by atoms with Crippen LogP contribution in [0.4, 0.5) is 0 Å². The van der Waals surface area contributed by atoms with Gasteiger partial charge in [0, 0.05) is 0 Å². The summed E-state index contributed by atoms with van der Waals surface area (Å²) in [4.78, 5) is 0. The first-order valence-electron chi connectivity index (χ1n) is 5.05. The molecule has 0 aliphatic heterocycles. The lowest BCUT2D eigenvalue weighted by atomic mass is 10.2. The van der Waals surface area contributed by atoms with Gasteiger partial charge in [0.2, 0.25) is 0 Å². The lowest BCUT2D eigenvalue weighted by Crippen LogP contribution is -2.10. The first-order chi connectivity index (χ1) is 7.17. The van der Waals surface area contributed by atoms with Crippen molar-refractivity contribution < 1.29 is 9.47 Å². The predicted octanol–water partition coefficient (Wildman–Crippen LogP) is 2.95. The predicted molar refractivity (Wildman–Crippen MR) is 66.2 cm³/mol. The summed E-state index contributed by atoms with van der Waals surface area (Å²) in [6.07, 6.45) is 0. The molecule has 0 bridgehead atoms. The Morgan fingerprint density at radius 1 is 1.33 bits per heavy atom. The standard InChI is InChI=1S/C12H18O2S/c1-9-4-5-11(12(6-9)13-3)14-7-10(2)8-15/h4-6,10,15H,7-8H2,1-3H3. The Kier molecular flexibility index (Phi) is 4.82. The molecule has 0 aliphatic rings. The van der Waals surface area contributed by atoms with Crippen molar-refractivity contribution in [3.63, 3.8) is 0 Å². The van der Waals surface area contributed by atoms with Gasteiger partial charge in [-0.2, -0.15) is 12.6 Å². The first kappa shape index (κ1) is 12.2. The van der Waals surface area contributed by atoms with Crippen LogP contribution in [-0.2, 0) is 0 Å². The van der Waals surface area contributed by atoms with Gasteiger partial charge in [-0.1, -0.05) is 13.0 Å². The molecule has 1 aromatic carbocycles. The molecule has 1 rings (SSSR count). The van der Waals surface area contributed by atoms with Crippen molar-refractivity contribution in [3.8, 4) is 11.5 Å². The molecule has 0 aromatic heterocycles. The smallest absolute Gasteiger partial charge is 0.161 e. The fourth-order valence-electron chi connectivity index (χ4n) is 1.18. The minimum atomic E-state index is 0.444. The van der Waals surface area contributed by atoms with Crippen molar-refractivity contribution in [2.45, 2.75) is 13.8 Å². The number of hydrogen-bond donors (Lipinski definition) is 1. The highest BCUT2D eigenvalue weighted by Gasteiger charge is 2.06. The van der Waals surface area contributed by atoms with Crippen LogP contribution in [0.25, 0.3) is 0 Å². The van der Waals surface area contributed by atoms with Crippen LogP contribution in [0.5, 0.6) is 11.5 Å². The van der Waals surface area contributed by atoms with Gasteiger partial charge >= 0.3 is 0 Å². The Hall–Kier alpha value is -0.830. The van der Waals surface area contributed by atoms with E-state index in [1.807, 2.05) is 25.1 Å². The molecule has 0 spiro atoms. The summed E-state index contributed by atoms with van der Waals surface area (Å²) in [6.45, 7) is 4.80. The van der Waals surface area contributed by atoms with Gasteiger partial charge in [-0.05, 0) is 36.3 Å². The third-order valence-corrected chi connectivity index (χ3v) is 2.78. The molecule has 1 aromatic rings. The molecule has 1 atom stereocenters. The lowest BCUT2D eigenvalue weighted by Gasteiger charge is -2.13. The molecular formula is C12H18O2S. The number of thiol groups is 1. The summed E-state index contributed by atoms with van der Waals surface area (Å²) >= 11 is 4.22. The monoisotopic (exact) mass is 226 g/mol. The van der Waals surface area contributed by atoms with Gasteiger partial charge in [0.05, 0.1) is 13.7 Å². The summed E-state index contributed by atoms with van der Waals surface area (Å²) in [6, 6.07) is 5.93. The molecule has 84 valence electrons. The van der Waals surface area contributed by atoms with Gasteiger partial charge in [0.15, 0.2) is 11.5 Å². The zero-order valence-corrected chi connectivity index (χ0v) is 10.4. The van der Waals surface area contributed by atoms with E-state index in [1.54, 1.807) is 7.11 Å². The average molecular weight is 226 g/mol. The molecule has 0 N–H and O–H groups in total. The maximum atomic E-state index is 5.66. The Balaban J connectivity index is 2.67. The Morgan fingerprint density at radius 2 is 2.07 bits per heavy atom. The highest BCUT2D eigenvalue weighted by molar-refractivity contribution is 7.80. The summed E-state index contributed by atoms with van der Waals surface area (Å²) in [5.41, 5.74) is 1.17. The summed E-state index contributed by atoms with van der Waals surface area (Å²) in [5.74, 6) is 2.87. The minimum Gasteiger partial charge on any atom is -0.493 e. The van der Waals surface area contributed by atoms with E-state index < -0.39 is 0 Å². The molecule has 0 aliphatic carbocycles. The molecule has 0 amide bonds. The van der Waals surface area contributed by atoms with Crippen LogP contribution in [0.15, 0.2) is 18.2 Å². The number of ether oxygens (including phenoxy) is 2. The summed E-state index contributed by atoms with van der Waals surface area (Å²) < 4.78 is 10.9. The zero-order chi connectivity index (χ0) is 11.3. The maximum Gasteiger partial charge on any atom is 0.161 e. The molecule has 0 saturated carbocycles. The number of hydrogen-bond acceptors (Lipinski definition) is 3. The molecule has 0 radical (unpaired) electrons. The van der Waals surface area contributed by atoms with Gasteiger partial charge in [-0.3, -0.25) is 0 Å². The summed E-state index contributed by atoms with van der Waals surface area (Å²) in [7, 11) is 1.66. The fraction of sp³-hybridized carbons (Fsp3) is 0.500. The van der Waals surface area contributed by atoms with Crippen molar-refractivity contribution in [2.75, 3.05) is 19.5 Å². The Labute approximate surface area is 97.0 Å². The number of aryl methyl sites for hydroxylation is 1. The lowest BCUT2D eigenvalue weighted by molar-refractivity contribution is 0.259. The largest absolute Gasteiger partial charge is 0.493 e. The molecule has 15 heavy (non-hydrogen) atoms. The van der Waals surface area contributed by atoms with E-state index in [-0.39, 0.29) is 0 Å². The number of methoxy groups -OCH3 is 1. The van der Waals surface area contributed by atoms with Crippen molar-refractivity contribution >= 4 is 12.6 Å². The zero-order valence-electron chi connectivity index (χ0n) is 9.49. The van der Waals surface area contributed by atoms with Crippen molar-refractivity contribution in [1.29, 1.82) is 0 Å². The second kappa shape index (κ2) is 5.91. The minimum absolute atomic E-state index is 0.444. The highest BCUT2D eigenvalue weighted by Crippen LogP contribution is 2.28. The SMILES string of the molecule is COc1cc(C)ccc1OCC(C)CS. The average Bonchev–Trinajstić information content (AvgIpc) is 2.26. The van der Waals surface area contributed by atoms with Crippen LogP contribution in [-0.4, -0.2) is 19.5 Å². The van der Waals surface area contributed by atoms with Gasteiger partial charge in [0.1, 0.15) is 0 Å². The Morgan fingerprint density at radius 3 is 2.67 bits per heavy atom. The van der Waals surface area contributed by atoms with Crippen LogP contribution >= 0.6 is 12.6 Å². The van der Waals surface area contributed by atoms with Crippen LogP contribution in [0, 0.1) is 12.8 Å². The molecule has 0 fully saturated rings. The topological polar surface area (TPSA) is 18.5 Å². The third-order valence-electron chi connectivity index (χ3n) is 2.15. The van der Waals surface area contributed by atoms with Crippen LogP contribution in [0.2, 0.25) is 0 Å². The second-order valence-electron chi connectivity index (χ2n) is 3.75. The maximum absolute atomic E-state index is 5.66. The quantitative estimate of drug-likeness (QED) is 0.778. The van der Waals surface area contributed by atoms with Gasteiger partial charge in [-0.25, -0.2) is 0 Å². The summed E-state index contributed by atoms with van der Waals surface area (Å²) in [5, 5.41) is 0. The number of benzene rings is 1. The fourth-order valence-corrected chi connectivity index (χ4v) is 1.28. The third kappa shape index (κ3) is 3.67. The van der Waals surface area contributed by atoms with Gasteiger partial charge in [0.25, 0.3) is 0 Å². The van der Waals surface area contributed by atoms with Crippen molar-refractivity contribution in [3.05, 3.63) is 23.8 Å². The normalized spacial score (nSPS) is 12.3. The molecule has 0 heterocycles. The second-order valence-corrected chi connectivity index (χ2v) is 4.12. The van der Waals surface area contributed by atoms with E-state index in [9.17, 15) is 0 Å². The van der Waals surface area contributed by atoms with Gasteiger partial charge < -0.3 is 9.47 Å². The molecule has 0 saturated heterocycles. The van der Waals surface area contributed by atoms with E-state index >= 15 is 0 Å². The molecule has 2 nitrogen and oxygen atoms in total. The molecule has 3 heteroatoms. The van der Waals surface area contributed by atoms with Crippen LogP contribution < -0.4 is 9.47 Å². The number of rotatable bonds is 5. The van der Waals surface area contributed by atoms with E-state index in [0.717, 1.165) is 17.3 Å². The first-order valence-corrected chi connectivity index (χ1v) is 5.69. The van der Waals surface area contributed by atoms with Crippen LogP contribution in [0.1, 0.15) is 12.5 Å². The van der Waals surface area contributed by atoms with Gasteiger partial charge in [-0.15, -0.1) is 0 Å². The molecule has 1 unspecified atom stereocenters.